The molecule has 0 atom stereocenters. The summed E-state index contributed by atoms with van der Waals surface area (Å²) in [5.74, 6) is 1.35. The number of nitrogens with zero attached hydrogens (tertiary/aromatic N) is 4. The van der Waals surface area contributed by atoms with E-state index in [0.717, 1.165) is 41.2 Å². The summed E-state index contributed by atoms with van der Waals surface area (Å²) in [5.41, 5.74) is 9.61. The molecule has 1 aromatic carbocycles. The van der Waals surface area contributed by atoms with Crippen molar-refractivity contribution in [2.24, 2.45) is 0 Å². The van der Waals surface area contributed by atoms with Crippen molar-refractivity contribution in [3.05, 3.63) is 42.4 Å². The molecule has 124 valence electrons. The van der Waals surface area contributed by atoms with E-state index in [2.05, 4.69) is 45.1 Å². The fourth-order valence-corrected chi connectivity index (χ4v) is 2.73. The minimum atomic E-state index is 0.547. The number of fused-ring (bicyclic) bond motifs is 1. The van der Waals surface area contributed by atoms with E-state index >= 15 is 0 Å². The molecule has 0 unspecified atom stereocenters. The summed E-state index contributed by atoms with van der Waals surface area (Å²) < 4.78 is 0. The minimum absolute atomic E-state index is 0.547. The topological polar surface area (TPSA) is 80.0 Å². The predicted octanol–water partition coefficient (Wildman–Crippen LogP) is 3.51. The Balaban J connectivity index is 2.03. The van der Waals surface area contributed by atoms with Gasteiger partial charge in [0, 0.05) is 24.2 Å². The lowest BCUT2D eigenvalue weighted by atomic mass is 10.1. The Morgan fingerprint density at radius 2 is 1.88 bits per heavy atom. The van der Waals surface area contributed by atoms with Gasteiger partial charge in [-0.1, -0.05) is 18.2 Å². The summed E-state index contributed by atoms with van der Waals surface area (Å²) >= 11 is 0. The van der Waals surface area contributed by atoms with Gasteiger partial charge < -0.3 is 16.0 Å². The lowest BCUT2D eigenvalue weighted by molar-refractivity contribution is 0.844. The molecule has 0 saturated carbocycles. The van der Waals surface area contributed by atoms with Crippen LogP contribution in [0.2, 0.25) is 0 Å². The van der Waals surface area contributed by atoms with Crippen molar-refractivity contribution in [3.8, 4) is 0 Å². The van der Waals surface area contributed by atoms with E-state index in [4.69, 9.17) is 5.73 Å². The predicted molar refractivity (Wildman–Crippen MR) is 99.8 cm³/mol. The number of nitrogens with two attached hydrogens (primary N) is 1. The Morgan fingerprint density at radius 1 is 1.08 bits per heavy atom. The standard InChI is InChI=1S/C18H22N6/c1-4-24(5-2)18-15(19)17(20-11-21-18)23-14-8-6-7-13-10-9-12(3)22-16(13)14/h6-11H,4-5,19H2,1-3H3,(H,20,21,23). The van der Waals surface area contributed by atoms with E-state index < -0.39 is 0 Å². The number of aromatic nitrogens is 3. The first-order valence-corrected chi connectivity index (χ1v) is 8.12. The van der Waals surface area contributed by atoms with E-state index in [1.54, 1.807) is 0 Å². The second-order valence-electron chi connectivity index (χ2n) is 5.59. The average molecular weight is 322 g/mol. The molecule has 3 rings (SSSR count). The second-order valence-corrected chi connectivity index (χ2v) is 5.59. The lowest BCUT2D eigenvalue weighted by Gasteiger charge is -2.22. The number of hydrogen-bond donors (Lipinski definition) is 2. The molecule has 0 spiro atoms. The maximum Gasteiger partial charge on any atom is 0.159 e. The van der Waals surface area contributed by atoms with Crippen LogP contribution < -0.4 is 16.0 Å². The molecule has 0 bridgehead atoms. The zero-order valence-corrected chi connectivity index (χ0v) is 14.2. The number of aryl methyl sites for hydroxylation is 1. The SMILES string of the molecule is CCN(CC)c1ncnc(Nc2cccc3ccc(C)nc23)c1N. The molecule has 6 nitrogen and oxygen atoms in total. The highest BCUT2D eigenvalue weighted by molar-refractivity contribution is 5.93. The molecule has 3 aromatic rings. The van der Waals surface area contributed by atoms with Crippen molar-refractivity contribution in [1.29, 1.82) is 0 Å². The Morgan fingerprint density at radius 3 is 2.62 bits per heavy atom. The molecule has 2 aromatic heterocycles. The van der Waals surface area contributed by atoms with Gasteiger partial charge in [-0.05, 0) is 32.9 Å². The zero-order valence-electron chi connectivity index (χ0n) is 14.2. The van der Waals surface area contributed by atoms with Crippen molar-refractivity contribution >= 4 is 33.9 Å². The van der Waals surface area contributed by atoms with Crippen LogP contribution in [0.5, 0.6) is 0 Å². The van der Waals surface area contributed by atoms with Gasteiger partial charge in [-0.2, -0.15) is 0 Å². The maximum absolute atomic E-state index is 6.31. The van der Waals surface area contributed by atoms with E-state index in [9.17, 15) is 0 Å². The number of rotatable bonds is 5. The first-order chi connectivity index (χ1) is 11.6. The van der Waals surface area contributed by atoms with Crippen molar-refractivity contribution in [1.82, 2.24) is 15.0 Å². The van der Waals surface area contributed by atoms with Crippen LogP contribution in [0.15, 0.2) is 36.7 Å². The maximum atomic E-state index is 6.31. The molecular weight excluding hydrogens is 300 g/mol. The normalized spacial score (nSPS) is 10.8. The zero-order chi connectivity index (χ0) is 17.1. The highest BCUT2D eigenvalue weighted by Crippen LogP contribution is 2.30. The Labute approximate surface area is 141 Å². The van der Waals surface area contributed by atoms with Crippen LogP contribution in [0, 0.1) is 6.92 Å². The molecule has 2 heterocycles. The van der Waals surface area contributed by atoms with Crippen LogP contribution >= 0.6 is 0 Å². The third-order valence-corrected chi connectivity index (χ3v) is 4.04. The first kappa shape index (κ1) is 16.0. The number of para-hydroxylation sites is 1. The lowest BCUT2D eigenvalue weighted by Crippen LogP contribution is -2.24. The molecule has 0 aliphatic heterocycles. The summed E-state index contributed by atoms with van der Waals surface area (Å²) in [6, 6.07) is 10.1. The molecule has 0 saturated heterocycles. The Bertz CT molecular complexity index is 857. The minimum Gasteiger partial charge on any atom is -0.393 e. The van der Waals surface area contributed by atoms with E-state index in [1.165, 1.54) is 6.33 Å². The Kier molecular flexibility index (Phi) is 4.46. The van der Waals surface area contributed by atoms with Gasteiger partial charge in [0.25, 0.3) is 0 Å². The smallest absolute Gasteiger partial charge is 0.159 e. The quantitative estimate of drug-likeness (QED) is 0.748. The highest BCUT2D eigenvalue weighted by atomic mass is 15.2. The van der Waals surface area contributed by atoms with Crippen LogP contribution in [-0.2, 0) is 0 Å². The van der Waals surface area contributed by atoms with E-state index in [-0.39, 0.29) is 0 Å². The number of hydrogen-bond acceptors (Lipinski definition) is 6. The number of anilines is 4. The van der Waals surface area contributed by atoms with Gasteiger partial charge in [0.05, 0.1) is 11.2 Å². The van der Waals surface area contributed by atoms with Crippen LogP contribution in [0.25, 0.3) is 10.9 Å². The van der Waals surface area contributed by atoms with E-state index in [1.807, 2.05) is 31.2 Å². The number of nitrogens with one attached hydrogen (secondary N) is 1. The average Bonchev–Trinajstić information content (AvgIpc) is 2.59. The van der Waals surface area contributed by atoms with Gasteiger partial charge >= 0.3 is 0 Å². The fraction of sp³-hybridized carbons (Fsp3) is 0.278. The number of pyridine rings is 1. The van der Waals surface area contributed by atoms with Crippen LogP contribution in [0.3, 0.4) is 0 Å². The molecule has 0 aliphatic rings. The number of benzene rings is 1. The largest absolute Gasteiger partial charge is 0.393 e. The molecule has 0 amide bonds. The van der Waals surface area contributed by atoms with Crippen molar-refractivity contribution in [2.75, 3.05) is 29.0 Å². The molecule has 6 heteroatoms. The molecule has 0 aliphatic carbocycles. The molecule has 24 heavy (non-hydrogen) atoms. The van der Waals surface area contributed by atoms with Gasteiger partial charge in [-0.3, -0.25) is 4.98 Å². The summed E-state index contributed by atoms with van der Waals surface area (Å²) in [6.07, 6.45) is 1.54. The van der Waals surface area contributed by atoms with Crippen LogP contribution in [0.4, 0.5) is 23.0 Å². The van der Waals surface area contributed by atoms with Gasteiger partial charge in [0.2, 0.25) is 0 Å². The van der Waals surface area contributed by atoms with E-state index in [0.29, 0.717) is 11.5 Å². The van der Waals surface area contributed by atoms with Gasteiger partial charge in [0.1, 0.15) is 12.0 Å². The monoisotopic (exact) mass is 322 g/mol. The van der Waals surface area contributed by atoms with Gasteiger partial charge in [0.15, 0.2) is 11.6 Å². The second kappa shape index (κ2) is 6.70. The summed E-state index contributed by atoms with van der Waals surface area (Å²) in [6.45, 7) is 7.82. The molecule has 3 N–H and O–H groups in total. The first-order valence-electron chi connectivity index (χ1n) is 8.12. The third-order valence-electron chi connectivity index (χ3n) is 4.04. The third kappa shape index (κ3) is 2.95. The van der Waals surface area contributed by atoms with Gasteiger partial charge in [-0.15, -0.1) is 0 Å². The molecular formula is C18H22N6. The number of nitrogen functional groups attached to an aromatic ring is 1. The van der Waals surface area contributed by atoms with Crippen LogP contribution in [-0.4, -0.2) is 28.0 Å². The van der Waals surface area contributed by atoms with Crippen molar-refractivity contribution < 1.29 is 0 Å². The molecule has 0 radical (unpaired) electrons. The highest BCUT2D eigenvalue weighted by Gasteiger charge is 2.14. The Hall–Kier alpha value is -2.89. The van der Waals surface area contributed by atoms with Crippen LogP contribution in [0.1, 0.15) is 19.5 Å². The summed E-state index contributed by atoms with van der Waals surface area (Å²) in [4.78, 5) is 15.4. The van der Waals surface area contributed by atoms with Crippen molar-refractivity contribution in [2.45, 2.75) is 20.8 Å². The molecule has 0 fully saturated rings. The van der Waals surface area contributed by atoms with Gasteiger partial charge in [-0.25, -0.2) is 9.97 Å². The summed E-state index contributed by atoms with van der Waals surface area (Å²) in [7, 11) is 0. The summed E-state index contributed by atoms with van der Waals surface area (Å²) in [5, 5.41) is 4.39. The fourth-order valence-electron chi connectivity index (χ4n) is 2.73. The van der Waals surface area contributed by atoms with Crippen molar-refractivity contribution in [3.63, 3.8) is 0 Å².